The molecule has 2 amide bonds. The predicted molar refractivity (Wildman–Crippen MR) is 101 cm³/mol. The molecule has 6 nitrogen and oxygen atoms in total. The van der Waals surface area contributed by atoms with Crippen LogP contribution < -0.4 is 4.90 Å². The number of likely N-dealkylation sites (tertiary alicyclic amines) is 1. The normalized spacial score (nSPS) is 23.1. The van der Waals surface area contributed by atoms with Gasteiger partial charge in [0.15, 0.2) is 0 Å². The van der Waals surface area contributed by atoms with E-state index < -0.39 is 12.0 Å². The van der Waals surface area contributed by atoms with Gasteiger partial charge in [0.25, 0.3) is 0 Å². The lowest BCUT2D eigenvalue weighted by molar-refractivity contribution is -0.131. The molecule has 140 valence electrons. The molecule has 0 radical (unpaired) electrons. The molecule has 0 bridgehead atoms. The third-order valence-electron chi connectivity index (χ3n) is 5.22. The van der Waals surface area contributed by atoms with E-state index in [1.165, 1.54) is 10.5 Å². The van der Waals surface area contributed by atoms with Crippen LogP contribution in [0.15, 0.2) is 17.7 Å². The van der Waals surface area contributed by atoms with Crippen LogP contribution in [0, 0.1) is 12.8 Å². The zero-order valence-corrected chi connectivity index (χ0v) is 16.1. The van der Waals surface area contributed by atoms with Gasteiger partial charge in [0.2, 0.25) is 11.8 Å². The van der Waals surface area contributed by atoms with E-state index in [9.17, 15) is 19.5 Å². The highest BCUT2D eigenvalue weighted by Crippen LogP contribution is 2.36. The predicted octanol–water partition coefficient (Wildman–Crippen LogP) is 3.06. The molecule has 2 aliphatic rings. The summed E-state index contributed by atoms with van der Waals surface area (Å²) < 4.78 is 0. The van der Waals surface area contributed by atoms with Crippen molar-refractivity contribution < 1.29 is 19.5 Å². The Morgan fingerprint density at radius 2 is 2.04 bits per heavy atom. The molecule has 1 fully saturated rings. The summed E-state index contributed by atoms with van der Waals surface area (Å²) in [6.45, 7) is 4.44. The van der Waals surface area contributed by atoms with Crippen molar-refractivity contribution in [1.29, 1.82) is 0 Å². The van der Waals surface area contributed by atoms with E-state index >= 15 is 0 Å². The van der Waals surface area contributed by atoms with Crippen LogP contribution in [0.3, 0.4) is 0 Å². The number of carboxylic acid groups (broad SMARTS) is 1. The molecule has 1 aliphatic carbocycles. The largest absolute Gasteiger partial charge is 0.477 e. The summed E-state index contributed by atoms with van der Waals surface area (Å²) in [7, 11) is 1.72. The van der Waals surface area contributed by atoms with E-state index in [0.717, 1.165) is 29.1 Å². The second-order valence-electron chi connectivity index (χ2n) is 7.17. The number of aryl methyl sites for hydroxylation is 1. The van der Waals surface area contributed by atoms with Crippen molar-refractivity contribution in [2.45, 2.75) is 45.6 Å². The van der Waals surface area contributed by atoms with Crippen LogP contribution in [-0.2, 0) is 9.59 Å². The van der Waals surface area contributed by atoms with Crippen LogP contribution in [0.4, 0.5) is 5.69 Å². The average Bonchev–Trinajstić information content (AvgIpc) is 3.13. The average molecular weight is 376 g/mol. The second kappa shape index (κ2) is 7.23. The smallest absolute Gasteiger partial charge is 0.348 e. The van der Waals surface area contributed by atoms with Crippen LogP contribution in [0.2, 0.25) is 0 Å². The number of anilines is 1. The van der Waals surface area contributed by atoms with E-state index in [1.54, 1.807) is 18.0 Å². The Morgan fingerprint density at radius 3 is 2.58 bits per heavy atom. The highest BCUT2D eigenvalue weighted by Gasteiger charge is 2.41. The van der Waals surface area contributed by atoms with E-state index in [4.69, 9.17) is 0 Å². The standard InChI is InChI=1S/C19H24N2O4S/c1-11-4-6-13(7-5-11)17(22)21(14-8-9-20(3)18(14)23)15-10-12(2)26-16(15)19(24)25/h4,10,13-14H,5-9H2,1-3H3,(H,24,25). The molecule has 2 atom stereocenters. The van der Waals surface area contributed by atoms with E-state index in [2.05, 4.69) is 13.0 Å². The number of allylic oxidation sites excluding steroid dienone is 2. The highest BCUT2D eigenvalue weighted by atomic mass is 32.1. The minimum absolute atomic E-state index is 0.124. The summed E-state index contributed by atoms with van der Waals surface area (Å²) in [5.41, 5.74) is 1.64. The fraction of sp³-hybridized carbons (Fsp3) is 0.526. The third-order valence-corrected chi connectivity index (χ3v) is 6.25. The fourth-order valence-electron chi connectivity index (χ4n) is 3.70. The monoisotopic (exact) mass is 376 g/mol. The van der Waals surface area contributed by atoms with Gasteiger partial charge in [-0.15, -0.1) is 11.3 Å². The lowest BCUT2D eigenvalue weighted by atomic mass is 9.88. The van der Waals surface area contributed by atoms with Gasteiger partial charge in [0.05, 0.1) is 5.69 Å². The molecule has 7 heteroatoms. The van der Waals surface area contributed by atoms with Gasteiger partial charge < -0.3 is 10.0 Å². The molecule has 1 aromatic rings. The maximum Gasteiger partial charge on any atom is 0.348 e. The first-order chi connectivity index (χ1) is 12.3. The summed E-state index contributed by atoms with van der Waals surface area (Å²) in [5, 5.41) is 9.58. The Balaban J connectivity index is 2.02. The number of amides is 2. The summed E-state index contributed by atoms with van der Waals surface area (Å²) in [6, 6.07) is 1.10. The molecule has 2 unspecified atom stereocenters. The fourth-order valence-corrected chi connectivity index (χ4v) is 4.54. The second-order valence-corrected chi connectivity index (χ2v) is 8.43. The third kappa shape index (κ3) is 3.40. The van der Waals surface area contributed by atoms with Crippen molar-refractivity contribution in [3.63, 3.8) is 0 Å². The Bertz CT molecular complexity index is 783. The first kappa shape index (κ1) is 18.6. The molecular weight excluding hydrogens is 352 g/mol. The summed E-state index contributed by atoms with van der Waals surface area (Å²) in [4.78, 5) is 41.7. The highest BCUT2D eigenvalue weighted by molar-refractivity contribution is 7.14. The maximum atomic E-state index is 13.4. The number of likely N-dealkylation sites (N-methyl/N-ethyl adjacent to an activating group) is 1. The summed E-state index contributed by atoms with van der Waals surface area (Å²) in [5.74, 6) is -1.53. The molecule has 26 heavy (non-hydrogen) atoms. The van der Waals surface area contributed by atoms with Crippen molar-refractivity contribution in [2.24, 2.45) is 5.92 Å². The number of aromatic carboxylic acids is 1. The quantitative estimate of drug-likeness (QED) is 0.819. The SMILES string of the molecule is CC1=CCC(C(=O)N(c2cc(C)sc2C(=O)O)C2CCN(C)C2=O)CC1. The van der Waals surface area contributed by atoms with Gasteiger partial charge in [-0.3, -0.25) is 14.5 Å². The lowest BCUT2D eigenvalue weighted by Crippen LogP contribution is -2.48. The van der Waals surface area contributed by atoms with Gasteiger partial charge >= 0.3 is 5.97 Å². The number of carbonyl (C=O) groups is 3. The molecule has 0 spiro atoms. The number of nitrogens with zero attached hydrogens (tertiary/aromatic N) is 2. The van der Waals surface area contributed by atoms with Crippen LogP contribution >= 0.6 is 11.3 Å². The number of thiophene rings is 1. The minimum Gasteiger partial charge on any atom is -0.477 e. The number of hydrogen-bond donors (Lipinski definition) is 1. The van der Waals surface area contributed by atoms with Gasteiger partial charge in [-0.05, 0) is 45.6 Å². The van der Waals surface area contributed by atoms with Crippen molar-refractivity contribution in [2.75, 3.05) is 18.5 Å². The van der Waals surface area contributed by atoms with Crippen molar-refractivity contribution >= 4 is 34.8 Å². The lowest BCUT2D eigenvalue weighted by Gasteiger charge is -2.32. The Morgan fingerprint density at radius 1 is 1.31 bits per heavy atom. The van der Waals surface area contributed by atoms with Crippen LogP contribution in [-0.4, -0.2) is 47.4 Å². The molecule has 3 rings (SSSR count). The van der Waals surface area contributed by atoms with Crippen molar-refractivity contribution in [3.8, 4) is 0 Å². The van der Waals surface area contributed by atoms with Crippen LogP contribution in [0.1, 0.15) is 47.2 Å². The first-order valence-corrected chi connectivity index (χ1v) is 9.68. The molecular formula is C19H24N2O4S. The number of hydrogen-bond acceptors (Lipinski definition) is 4. The molecule has 2 heterocycles. The van der Waals surface area contributed by atoms with E-state index in [-0.39, 0.29) is 22.6 Å². The Hall–Kier alpha value is -2.15. The van der Waals surface area contributed by atoms with Crippen molar-refractivity contribution in [1.82, 2.24) is 4.90 Å². The van der Waals surface area contributed by atoms with Gasteiger partial charge in [0, 0.05) is 24.4 Å². The number of carboxylic acids is 1. The van der Waals surface area contributed by atoms with Crippen LogP contribution in [0.25, 0.3) is 0 Å². The summed E-state index contributed by atoms with van der Waals surface area (Å²) in [6.07, 6.45) is 4.83. The number of carbonyl (C=O) groups excluding carboxylic acids is 2. The van der Waals surface area contributed by atoms with Gasteiger partial charge in [-0.1, -0.05) is 11.6 Å². The van der Waals surface area contributed by atoms with Crippen LogP contribution in [0.5, 0.6) is 0 Å². The number of rotatable bonds is 4. The van der Waals surface area contributed by atoms with Crippen molar-refractivity contribution in [3.05, 3.63) is 27.5 Å². The zero-order chi connectivity index (χ0) is 19.0. The Labute approximate surface area is 157 Å². The maximum absolute atomic E-state index is 13.4. The molecule has 0 saturated carbocycles. The van der Waals surface area contributed by atoms with Gasteiger partial charge in [-0.25, -0.2) is 4.79 Å². The van der Waals surface area contributed by atoms with E-state index in [0.29, 0.717) is 25.1 Å². The minimum atomic E-state index is -1.06. The molecule has 1 aliphatic heterocycles. The first-order valence-electron chi connectivity index (χ1n) is 8.87. The van der Waals surface area contributed by atoms with Gasteiger partial charge in [0.1, 0.15) is 10.9 Å². The molecule has 1 aromatic heterocycles. The molecule has 0 aromatic carbocycles. The Kier molecular flexibility index (Phi) is 5.18. The zero-order valence-electron chi connectivity index (χ0n) is 15.3. The van der Waals surface area contributed by atoms with Gasteiger partial charge in [-0.2, -0.15) is 0 Å². The topological polar surface area (TPSA) is 77.9 Å². The molecule has 1 N–H and O–H groups in total. The van der Waals surface area contributed by atoms with E-state index in [1.807, 2.05) is 6.92 Å². The molecule has 1 saturated heterocycles. The summed E-state index contributed by atoms with van der Waals surface area (Å²) >= 11 is 1.15.